The van der Waals surface area contributed by atoms with Gasteiger partial charge < -0.3 is 10.2 Å². The molecule has 3 rings (SSSR count). The number of carboxylic acid groups (broad SMARTS) is 1. The van der Waals surface area contributed by atoms with Crippen LogP contribution in [-0.2, 0) is 14.8 Å². The zero-order valence-electron chi connectivity index (χ0n) is 14.0. The SMILES string of the molecule is O=C(O)CC1CCN(NS(=O)(=O)c2ccc(-c3ccc(O)cc3)s2)CC1. The monoisotopic (exact) mass is 396 g/mol. The molecule has 3 N–H and O–H groups in total. The number of sulfonamides is 1. The van der Waals surface area contributed by atoms with Crippen LogP contribution in [0.4, 0.5) is 0 Å². The number of benzene rings is 1. The van der Waals surface area contributed by atoms with Crippen LogP contribution >= 0.6 is 11.3 Å². The normalized spacial score (nSPS) is 16.6. The lowest BCUT2D eigenvalue weighted by Crippen LogP contribution is -2.46. The number of hydrogen-bond acceptors (Lipinski definition) is 6. The number of hydrazine groups is 1. The third kappa shape index (κ3) is 4.61. The maximum atomic E-state index is 12.6. The van der Waals surface area contributed by atoms with Gasteiger partial charge in [0.25, 0.3) is 10.0 Å². The Morgan fingerprint density at radius 2 is 1.81 bits per heavy atom. The van der Waals surface area contributed by atoms with Crippen molar-refractivity contribution in [3.63, 3.8) is 0 Å². The molecule has 1 saturated heterocycles. The Morgan fingerprint density at radius 3 is 2.42 bits per heavy atom. The van der Waals surface area contributed by atoms with Gasteiger partial charge in [0.2, 0.25) is 0 Å². The van der Waals surface area contributed by atoms with E-state index in [1.807, 2.05) is 0 Å². The molecular formula is C17H20N2O5S2. The molecule has 1 aromatic carbocycles. The lowest BCUT2D eigenvalue weighted by atomic mass is 9.94. The van der Waals surface area contributed by atoms with Gasteiger partial charge in [-0.15, -0.1) is 16.2 Å². The van der Waals surface area contributed by atoms with Gasteiger partial charge >= 0.3 is 5.97 Å². The standard InChI is InChI=1S/C17H20N2O5S2/c20-14-3-1-13(2-4-14)15-5-6-17(25-15)26(23,24)18-19-9-7-12(8-10-19)11-16(21)22/h1-6,12,18,20H,7-11H2,(H,21,22). The minimum atomic E-state index is -3.67. The Morgan fingerprint density at radius 1 is 1.15 bits per heavy atom. The summed E-state index contributed by atoms with van der Waals surface area (Å²) in [6.07, 6.45) is 1.43. The average molecular weight is 396 g/mol. The van der Waals surface area contributed by atoms with E-state index in [9.17, 15) is 18.3 Å². The fourth-order valence-corrected chi connectivity index (χ4v) is 5.36. The Balaban J connectivity index is 1.64. The zero-order chi connectivity index (χ0) is 18.7. The Kier molecular flexibility index (Phi) is 5.61. The second kappa shape index (κ2) is 7.75. The number of phenols is 1. The quantitative estimate of drug-likeness (QED) is 0.693. The molecule has 1 aliphatic heterocycles. The van der Waals surface area contributed by atoms with Crippen molar-refractivity contribution < 1.29 is 23.4 Å². The van der Waals surface area contributed by atoms with Gasteiger partial charge in [-0.2, -0.15) is 0 Å². The van der Waals surface area contributed by atoms with Gasteiger partial charge in [-0.1, -0.05) is 0 Å². The first kappa shape index (κ1) is 18.8. The van der Waals surface area contributed by atoms with E-state index in [2.05, 4.69) is 4.83 Å². The Hall–Kier alpha value is -1.94. The van der Waals surface area contributed by atoms with E-state index in [1.165, 1.54) is 0 Å². The maximum absolute atomic E-state index is 12.6. The number of aromatic hydroxyl groups is 1. The molecule has 2 heterocycles. The topological polar surface area (TPSA) is 107 Å². The summed E-state index contributed by atoms with van der Waals surface area (Å²) < 4.78 is 25.4. The van der Waals surface area contributed by atoms with Gasteiger partial charge in [0.1, 0.15) is 9.96 Å². The Bertz CT molecular complexity index is 869. The molecule has 2 aromatic rings. The fourth-order valence-electron chi connectivity index (χ4n) is 2.94. The molecule has 0 spiro atoms. The minimum absolute atomic E-state index is 0.0936. The van der Waals surface area contributed by atoms with E-state index in [4.69, 9.17) is 5.11 Å². The molecule has 1 aliphatic rings. The number of piperidine rings is 1. The van der Waals surface area contributed by atoms with Gasteiger partial charge in [0.05, 0.1) is 0 Å². The molecule has 9 heteroatoms. The summed E-state index contributed by atoms with van der Waals surface area (Å²) in [5.41, 5.74) is 0.837. The first-order valence-corrected chi connectivity index (χ1v) is 10.5. The number of aliphatic carboxylic acids is 1. The number of rotatable bonds is 6. The summed E-state index contributed by atoms with van der Waals surface area (Å²) >= 11 is 1.16. The second-order valence-corrected chi connectivity index (χ2v) is 9.26. The molecule has 0 aliphatic carbocycles. The fraction of sp³-hybridized carbons (Fsp3) is 0.353. The highest BCUT2D eigenvalue weighted by atomic mass is 32.2. The summed E-state index contributed by atoms with van der Waals surface area (Å²) in [7, 11) is -3.67. The van der Waals surface area contributed by atoms with Crippen molar-refractivity contribution in [2.45, 2.75) is 23.5 Å². The molecule has 1 aromatic heterocycles. The highest BCUT2D eigenvalue weighted by Crippen LogP contribution is 2.31. The Labute approximate surface area is 155 Å². The van der Waals surface area contributed by atoms with E-state index < -0.39 is 16.0 Å². The summed E-state index contributed by atoms with van der Waals surface area (Å²) in [6, 6.07) is 9.89. The number of nitrogens with zero attached hydrogens (tertiary/aromatic N) is 1. The summed E-state index contributed by atoms with van der Waals surface area (Å²) in [5, 5.41) is 19.8. The third-order valence-electron chi connectivity index (χ3n) is 4.33. The summed E-state index contributed by atoms with van der Waals surface area (Å²) in [6.45, 7) is 0.987. The first-order chi connectivity index (χ1) is 12.3. The van der Waals surface area contributed by atoms with Crippen LogP contribution in [0.5, 0.6) is 5.75 Å². The predicted molar refractivity (Wildman–Crippen MR) is 98.3 cm³/mol. The van der Waals surface area contributed by atoms with E-state index in [-0.39, 0.29) is 22.3 Å². The van der Waals surface area contributed by atoms with E-state index in [0.717, 1.165) is 21.8 Å². The van der Waals surface area contributed by atoms with Crippen LogP contribution < -0.4 is 4.83 Å². The third-order valence-corrected chi connectivity index (χ3v) is 7.33. The van der Waals surface area contributed by atoms with Crippen LogP contribution in [0.3, 0.4) is 0 Å². The number of thiophene rings is 1. The van der Waals surface area contributed by atoms with Crippen molar-refractivity contribution in [3.8, 4) is 16.2 Å². The van der Waals surface area contributed by atoms with Gasteiger partial charge in [-0.05, 0) is 60.7 Å². The maximum Gasteiger partial charge on any atom is 0.303 e. The van der Waals surface area contributed by atoms with Crippen molar-refractivity contribution in [3.05, 3.63) is 36.4 Å². The molecule has 26 heavy (non-hydrogen) atoms. The molecule has 7 nitrogen and oxygen atoms in total. The van der Waals surface area contributed by atoms with Crippen LogP contribution in [-0.4, -0.2) is 42.7 Å². The lowest BCUT2D eigenvalue weighted by molar-refractivity contribution is -0.138. The van der Waals surface area contributed by atoms with Crippen LogP contribution in [0.2, 0.25) is 0 Å². The molecule has 1 fully saturated rings. The van der Waals surface area contributed by atoms with Gasteiger partial charge in [-0.3, -0.25) is 4.79 Å². The van der Waals surface area contributed by atoms with E-state index in [1.54, 1.807) is 41.4 Å². The molecule has 0 bridgehead atoms. The van der Waals surface area contributed by atoms with Gasteiger partial charge in [-0.25, -0.2) is 13.4 Å². The van der Waals surface area contributed by atoms with Crippen molar-refractivity contribution in [2.75, 3.05) is 13.1 Å². The molecular weight excluding hydrogens is 376 g/mol. The highest BCUT2D eigenvalue weighted by molar-refractivity contribution is 7.91. The van der Waals surface area contributed by atoms with Crippen molar-refractivity contribution in [1.82, 2.24) is 9.84 Å². The molecule has 140 valence electrons. The van der Waals surface area contributed by atoms with Crippen LogP contribution in [0, 0.1) is 5.92 Å². The number of carbonyl (C=O) groups is 1. The van der Waals surface area contributed by atoms with Crippen LogP contribution in [0.25, 0.3) is 10.4 Å². The average Bonchev–Trinajstić information content (AvgIpc) is 3.08. The smallest absolute Gasteiger partial charge is 0.303 e. The van der Waals surface area contributed by atoms with Crippen molar-refractivity contribution in [2.24, 2.45) is 5.92 Å². The number of carboxylic acids is 1. The lowest BCUT2D eigenvalue weighted by Gasteiger charge is -2.30. The second-order valence-electron chi connectivity index (χ2n) is 6.29. The van der Waals surface area contributed by atoms with E-state index >= 15 is 0 Å². The highest BCUT2D eigenvalue weighted by Gasteiger charge is 2.26. The van der Waals surface area contributed by atoms with Gasteiger partial charge in [0.15, 0.2) is 0 Å². The largest absolute Gasteiger partial charge is 0.508 e. The van der Waals surface area contributed by atoms with E-state index in [0.29, 0.717) is 25.9 Å². The van der Waals surface area contributed by atoms with Gasteiger partial charge in [0, 0.05) is 24.4 Å². The molecule has 0 radical (unpaired) electrons. The zero-order valence-corrected chi connectivity index (χ0v) is 15.6. The van der Waals surface area contributed by atoms with Crippen LogP contribution in [0.1, 0.15) is 19.3 Å². The number of nitrogens with one attached hydrogen (secondary N) is 1. The van der Waals surface area contributed by atoms with Crippen LogP contribution in [0.15, 0.2) is 40.6 Å². The predicted octanol–water partition coefficient (Wildman–Crippen LogP) is 2.50. The minimum Gasteiger partial charge on any atom is -0.508 e. The van der Waals surface area contributed by atoms with Crippen molar-refractivity contribution >= 4 is 27.3 Å². The van der Waals surface area contributed by atoms with Crippen molar-refractivity contribution in [1.29, 1.82) is 0 Å². The summed E-state index contributed by atoms with van der Waals surface area (Å²) in [4.78, 5) is 14.1. The molecule has 0 amide bonds. The first-order valence-electron chi connectivity index (χ1n) is 8.22. The number of phenolic OH excluding ortho intramolecular Hbond substituents is 1. The number of hydrogen-bond donors (Lipinski definition) is 3. The summed E-state index contributed by atoms with van der Waals surface area (Å²) in [5.74, 6) is -0.563. The molecule has 0 saturated carbocycles. The molecule has 0 atom stereocenters. The molecule has 0 unspecified atom stereocenters.